The first-order chi connectivity index (χ1) is 13.7. The fourth-order valence-corrected chi connectivity index (χ4v) is 3.14. The van der Waals surface area contributed by atoms with Crippen molar-refractivity contribution in [3.05, 3.63) is 54.2 Å². The molecule has 1 aromatic heterocycles. The molecule has 4 N–H and O–H groups in total. The molecule has 0 bridgehead atoms. The Morgan fingerprint density at radius 3 is 2.37 bits per heavy atom. The molecule has 1 saturated heterocycles. The molecule has 0 radical (unpaired) electrons. The second-order valence-electron chi connectivity index (χ2n) is 6.59. The van der Waals surface area contributed by atoms with Crippen LogP contribution in [0.15, 0.2) is 48.7 Å². The number of anilines is 2. The van der Waals surface area contributed by atoms with Crippen LogP contribution >= 0.6 is 24.8 Å². The molecule has 0 aliphatic carbocycles. The van der Waals surface area contributed by atoms with Crippen molar-refractivity contribution in [3.63, 3.8) is 0 Å². The highest BCUT2D eigenvalue weighted by Crippen LogP contribution is 2.16. The third-order valence-corrected chi connectivity index (χ3v) is 4.59. The van der Waals surface area contributed by atoms with Gasteiger partial charge in [-0.15, -0.1) is 24.8 Å². The molecule has 2 amide bonds. The largest absolute Gasteiger partial charge is 0.354 e. The molecule has 2 heterocycles. The summed E-state index contributed by atoms with van der Waals surface area (Å²) in [5, 5.41) is 5.59. The van der Waals surface area contributed by atoms with E-state index in [1.165, 1.54) is 0 Å². The zero-order valence-electron chi connectivity index (χ0n) is 16.6. The van der Waals surface area contributed by atoms with Crippen LogP contribution in [0.5, 0.6) is 0 Å². The number of para-hydroxylation sites is 1. The summed E-state index contributed by atoms with van der Waals surface area (Å²) in [5.41, 5.74) is 6.37. The summed E-state index contributed by atoms with van der Waals surface area (Å²) in [6.45, 7) is 4.25. The van der Waals surface area contributed by atoms with Crippen LogP contribution in [0.25, 0.3) is 0 Å². The number of halogens is 2. The van der Waals surface area contributed by atoms with E-state index in [0.717, 1.165) is 32.0 Å². The van der Waals surface area contributed by atoms with Crippen molar-refractivity contribution >= 4 is 48.1 Å². The van der Waals surface area contributed by atoms with Gasteiger partial charge in [-0.05, 0) is 24.3 Å². The van der Waals surface area contributed by atoms with E-state index in [0.29, 0.717) is 24.3 Å². The Labute approximate surface area is 189 Å². The summed E-state index contributed by atoms with van der Waals surface area (Å²) in [6.07, 6.45) is 1.79. The quantitative estimate of drug-likeness (QED) is 0.583. The van der Waals surface area contributed by atoms with E-state index in [1.807, 2.05) is 18.2 Å². The Hall–Kier alpha value is -2.39. The minimum absolute atomic E-state index is 0. The summed E-state index contributed by atoms with van der Waals surface area (Å²) in [7, 11) is 0. The van der Waals surface area contributed by atoms with E-state index in [9.17, 15) is 9.59 Å². The number of hydrogen-bond acceptors (Lipinski definition) is 6. The van der Waals surface area contributed by atoms with Crippen molar-refractivity contribution in [3.8, 4) is 0 Å². The van der Waals surface area contributed by atoms with Gasteiger partial charge < -0.3 is 21.3 Å². The molecule has 30 heavy (non-hydrogen) atoms. The molecule has 3 rings (SSSR count). The summed E-state index contributed by atoms with van der Waals surface area (Å²) >= 11 is 0. The van der Waals surface area contributed by atoms with Gasteiger partial charge in [-0.2, -0.15) is 0 Å². The lowest BCUT2D eigenvalue weighted by Gasteiger charge is -2.34. The Balaban J connectivity index is 0.00000225. The number of rotatable bonds is 7. The lowest BCUT2D eigenvalue weighted by molar-refractivity contribution is -0.117. The molecule has 0 spiro atoms. The fraction of sp³-hybridized carbons (Fsp3) is 0.350. The van der Waals surface area contributed by atoms with Gasteiger partial charge in [0.15, 0.2) is 0 Å². The number of carbonyl (C=O) groups is 2. The van der Waals surface area contributed by atoms with Crippen LogP contribution < -0.4 is 21.3 Å². The molecule has 0 saturated carbocycles. The van der Waals surface area contributed by atoms with Gasteiger partial charge >= 0.3 is 0 Å². The second kappa shape index (κ2) is 13.0. The SMILES string of the molecule is Cl.Cl.NCCNC(=O)c1ccccc1NC(=O)CN1CCN(c2ccccn2)CC1. The number of amides is 2. The number of hydrogen-bond donors (Lipinski definition) is 3. The third kappa shape index (κ3) is 7.14. The Morgan fingerprint density at radius 1 is 1.00 bits per heavy atom. The summed E-state index contributed by atoms with van der Waals surface area (Å²) in [4.78, 5) is 33.4. The molecule has 0 unspecified atom stereocenters. The van der Waals surface area contributed by atoms with Gasteiger partial charge in [0.25, 0.3) is 5.91 Å². The van der Waals surface area contributed by atoms with E-state index >= 15 is 0 Å². The minimum atomic E-state index is -0.245. The van der Waals surface area contributed by atoms with Crippen molar-refractivity contribution in [2.24, 2.45) is 5.73 Å². The molecular weight excluding hydrogens is 427 g/mol. The lowest BCUT2D eigenvalue weighted by Crippen LogP contribution is -2.49. The number of carbonyl (C=O) groups excluding carboxylic acids is 2. The highest BCUT2D eigenvalue weighted by molar-refractivity contribution is 6.04. The average Bonchev–Trinajstić information content (AvgIpc) is 2.73. The molecular formula is C20H28Cl2N6O2. The van der Waals surface area contributed by atoms with E-state index in [-0.39, 0.29) is 43.2 Å². The number of nitrogens with two attached hydrogens (primary N) is 1. The first-order valence-electron chi connectivity index (χ1n) is 9.43. The van der Waals surface area contributed by atoms with E-state index in [4.69, 9.17) is 5.73 Å². The molecule has 0 atom stereocenters. The molecule has 164 valence electrons. The zero-order chi connectivity index (χ0) is 19.8. The summed E-state index contributed by atoms with van der Waals surface area (Å²) in [5.74, 6) is 0.583. The van der Waals surface area contributed by atoms with Crippen molar-refractivity contribution < 1.29 is 9.59 Å². The Morgan fingerprint density at radius 2 is 1.70 bits per heavy atom. The standard InChI is InChI=1S/C20H26N6O2.2ClH/c21-8-10-23-20(28)16-5-1-2-6-17(16)24-19(27)15-25-11-13-26(14-12-25)18-7-3-4-9-22-18;;/h1-7,9H,8,10-15,21H2,(H,23,28)(H,24,27);2*1H. The number of nitrogens with one attached hydrogen (secondary N) is 2. The normalized spacial score (nSPS) is 13.6. The number of pyridine rings is 1. The zero-order valence-corrected chi connectivity index (χ0v) is 18.3. The molecule has 1 fully saturated rings. The van der Waals surface area contributed by atoms with Gasteiger partial charge in [-0.3, -0.25) is 14.5 Å². The number of nitrogens with zero attached hydrogens (tertiary/aromatic N) is 3. The van der Waals surface area contributed by atoms with Crippen LogP contribution in [0.4, 0.5) is 11.5 Å². The average molecular weight is 455 g/mol. The van der Waals surface area contributed by atoms with Crippen molar-refractivity contribution in [2.45, 2.75) is 0 Å². The van der Waals surface area contributed by atoms with E-state index in [2.05, 4.69) is 25.4 Å². The molecule has 8 nitrogen and oxygen atoms in total. The fourth-order valence-electron chi connectivity index (χ4n) is 3.14. The highest BCUT2D eigenvalue weighted by Gasteiger charge is 2.20. The van der Waals surface area contributed by atoms with Gasteiger partial charge in [0.05, 0.1) is 17.8 Å². The van der Waals surface area contributed by atoms with Gasteiger partial charge in [0.1, 0.15) is 5.82 Å². The van der Waals surface area contributed by atoms with Crippen molar-refractivity contribution in [1.29, 1.82) is 0 Å². The maximum Gasteiger partial charge on any atom is 0.253 e. The Kier molecular flexibility index (Phi) is 11.1. The van der Waals surface area contributed by atoms with Gasteiger partial charge in [0.2, 0.25) is 5.91 Å². The van der Waals surface area contributed by atoms with Crippen molar-refractivity contribution in [1.82, 2.24) is 15.2 Å². The van der Waals surface area contributed by atoms with Gasteiger partial charge in [0, 0.05) is 45.5 Å². The first kappa shape index (κ1) is 25.6. The van der Waals surface area contributed by atoms with Gasteiger partial charge in [-0.25, -0.2) is 4.98 Å². The summed E-state index contributed by atoms with van der Waals surface area (Å²) in [6, 6.07) is 12.8. The second-order valence-corrected chi connectivity index (χ2v) is 6.59. The number of aromatic nitrogens is 1. The smallest absolute Gasteiger partial charge is 0.253 e. The topological polar surface area (TPSA) is 104 Å². The van der Waals surface area contributed by atoms with E-state index < -0.39 is 0 Å². The first-order valence-corrected chi connectivity index (χ1v) is 9.43. The molecule has 1 aliphatic rings. The van der Waals surface area contributed by atoms with Crippen molar-refractivity contribution in [2.75, 3.05) is 56.0 Å². The highest BCUT2D eigenvalue weighted by atomic mass is 35.5. The maximum atomic E-state index is 12.5. The molecule has 2 aromatic rings. The number of piperazine rings is 1. The lowest BCUT2D eigenvalue weighted by atomic mass is 10.1. The Bertz CT molecular complexity index is 801. The van der Waals surface area contributed by atoms with Crippen LogP contribution in [0, 0.1) is 0 Å². The third-order valence-electron chi connectivity index (χ3n) is 4.59. The molecule has 10 heteroatoms. The van der Waals surface area contributed by atoms with Crippen LogP contribution in [-0.4, -0.2) is 67.5 Å². The predicted molar refractivity (Wildman–Crippen MR) is 124 cm³/mol. The van der Waals surface area contributed by atoms with Crippen LogP contribution in [-0.2, 0) is 4.79 Å². The minimum Gasteiger partial charge on any atom is -0.354 e. The van der Waals surface area contributed by atoms with Gasteiger partial charge in [-0.1, -0.05) is 18.2 Å². The van der Waals surface area contributed by atoms with Crippen LogP contribution in [0.2, 0.25) is 0 Å². The summed E-state index contributed by atoms with van der Waals surface area (Å²) < 4.78 is 0. The number of benzene rings is 1. The maximum absolute atomic E-state index is 12.5. The van der Waals surface area contributed by atoms with Crippen LogP contribution in [0.1, 0.15) is 10.4 Å². The monoisotopic (exact) mass is 454 g/mol. The van der Waals surface area contributed by atoms with Crippen LogP contribution in [0.3, 0.4) is 0 Å². The predicted octanol–water partition coefficient (Wildman–Crippen LogP) is 1.37. The molecule has 1 aliphatic heterocycles. The molecule has 1 aromatic carbocycles. The van der Waals surface area contributed by atoms with E-state index in [1.54, 1.807) is 30.5 Å².